The topological polar surface area (TPSA) is 82.6 Å². The molecule has 5 rings (SSSR count). The first-order valence-electron chi connectivity index (χ1n) is 11.2. The van der Waals surface area contributed by atoms with E-state index in [1.54, 1.807) is 29.2 Å². The highest BCUT2D eigenvalue weighted by Gasteiger charge is 2.49. The second-order valence-corrected chi connectivity index (χ2v) is 8.39. The maximum absolute atomic E-state index is 13.3. The number of benzene rings is 2. The van der Waals surface area contributed by atoms with Crippen LogP contribution < -0.4 is 4.74 Å². The Morgan fingerprint density at radius 2 is 1.81 bits per heavy atom. The fourth-order valence-electron chi connectivity index (χ4n) is 5.07. The number of H-pyrrole nitrogens is 1. The molecule has 1 atom stereocenters. The maximum atomic E-state index is 13.3. The van der Waals surface area contributed by atoms with E-state index in [1.807, 2.05) is 37.4 Å². The molecule has 2 aromatic carbocycles. The fourth-order valence-corrected chi connectivity index (χ4v) is 5.07. The third kappa shape index (κ3) is 3.27. The Labute approximate surface area is 186 Å². The summed E-state index contributed by atoms with van der Waals surface area (Å²) >= 11 is 0. The lowest BCUT2D eigenvalue weighted by Crippen LogP contribution is -2.37. The molecule has 0 bridgehead atoms. The highest BCUT2D eigenvalue weighted by Crippen LogP contribution is 2.45. The SMILES string of the molecule is CCOc1ccc(/C(O)=C2\C(=O)C(=O)N(C3CCCC3)C2c2c[nH]c3ccccc23)cc1. The van der Waals surface area contributed by atoms with E-state index in [9.17, 15) is 14.7 Å². The molecule has 1 aromatic heterocycles. The molecule has 6 nitrogen and oxygen atoms in total. The number of ether oxygens (including phenoxy) is 1. The largest absolute Gasteiger partial charge is 0.507 e. The van der Waals surface area contributed by atoms with Crippen LogP contribution in [0.1, 0.15) is 49.8 Å². The number of para-hydroxylation sites is 1. The van der Waals surface area contributed by atoms with Gasteiger partial charge in [-0.25, -0.2) is 0 Å². The van der Waals surface area contributed by atoms with Gasteiger partial charge in [-0.3, -0.25) is 9.59 Å². The lowest BCUT2D eigenvalue weighted by Gasteiger charge is -2.30. The Bertz CT molecular complexity index is 1200. The number of aliphatic hydroxyl groups is 1. The number of aliphatic hydroxyl groups excluding tert-OH is 1. The van der Waals surface area contributed by atoms with Gasteiger partial charge in [-0.05, 0) is 50.1 Å². The van der Waals surface area contributed by atoms with Crippen molar-refractivity contribution in [2.45, 2.75) is 44.7 Å². The lowest BCUT2D eigenvalue weighted by molar-refractivity contribution is -0.141. The number of nitrogens with zero attached hydrogens (tertiary/aromatic N) is 1. The zero-order valence-corrected chi connectivity index (χ0v) is 18.0. The smallest absolute Gasteiger partial charge is 0.295 e. The number of fused-ring (bicyclic) bond motifs is 1. The highest BCUT2D eigenvalue weighted by atomic mass is 16.5. The number of likely N-dealkylation sites (tertiary alicyclic amines) is 1. The number of hydrogen-bond acceptors (Lipinski definition) is 4. The van der Waals surface area contributed by atoms with Gasteiger partial charge < -0.3 is 19.7 Å². The molecule has 1 saturated carbocycles. The average Bonchev–Trinajstić information content (AvgIpc) is 3.53. The number of aromatic nitrogens is 1. The summed E-state index contributed by atoms with van der Waals surface area (Å²) in [6.45, 7) is 2.44. The molecular weight excluding hydrogens is 404 g/mol. The first-order chi connectivity index (χ1) is 15.6. The normalized spacial score (nSPS) is 21.0. The third-order valence-corrected chi connectivity index (χ3v) is 6.55. The van der Waals surface area contributed by atoms with E-state index >= 15 is 0 Å². The minimum Gasteiger partial charge on any atom is -0.507 e. The molecule has 1 saturated heterocycles. The van der Waals surface area contributed by atoms with E-state index in [4.69, 9.17) is 4.74 Å². The van der Waals surface area contributed by atoms with Crippen molar-refractivity contribution in [2.24, 2.45) is 0 Å². The number of ketones is 1. The third-order valence-electron chi connectivity index (χ3n) is 6.55. The molecular formula is C26H26N2O4. The molecule has 6 heteroatoms. The van der Waals surface area contributed by atoms with E-state index in [1.165, 1.54) is 0 Å². The summed E-state index contributed by atoms with van der Waals surface area (Å²) in [5, 5.41) is 12.2. The summed E-state index contributed by atoms with van der Waals surface area (Å²) in [5.74, 6) is -0.621. The van der Waals surface area contributed by atoms with Crippen molar-refractivity contribution < 1.29 is 19.4 Å². The molecule has 2 fully saturated rings. The van der Waals surface area contributed by atoms with Crippen molar-refractivity contribution >= 4 is 28.4 Å². The van der Waals surface area contributed by atoms with Gasteiger partial charge in [0.1, 0.15) is 11.5 Å². The molecule has 2 N–H and O–H groups in total. The fraction of sp³-hybridized carbons (Fsp3) is 0.308. The van der Waals surface area contributed by atoms with Gasteiger partial charge in [0, 0.05) is 34.3 Å². The van der Waals surface area contributed by atoms with Crippen LogP contribution in [-0.4, -0.2) is 39.3 Å². The quantitative estimate of drug-likeness (QED) is 0.342. The monoisotopic (exact) mass is 430 g/mol. The average molecular weight is 431 g/mol. The molecule has 0 spiro atoms. The Balaban J connectivity index is 1.67. The van der Waals surface area contributed by atoms with Crippen LogP contribution in [0.3, 0.4) is 0 Å². The summed E-state index contributed by atoms with van der Waals surface area (Å²) in [5.41, 5.74) is 2.40. The van der Waals surface area contributed by atoms with Crippen LogP contribution in [-0.2, 0) is 9.59 Å². The number of aromatic amines is 1. The van der Waals surface area contributed by atoms with Crippen molar-refractivity contribution in [2.75, 3.05) is 6.61 Å². The van der Waals surface area contributed by atoms with Crippen molar-refractivity contribution in [1.29, 1.82) is 0 Å². The first-order valence-corrected chi connectivity index (χ1v) is 11.2. The van der Waals surface area contributed by atoms with Gasteiger partial charge in [-0.15, -0.1) is 0 Å². The number of carbonyl (C=O) groups excluding carboxylic acids is 2. The van der Waals surface area contributed by atoms with E-state index in [0.717, 1.165) is 42.1 Å². The van der Waals surface area contributed by atoms with Gasteiger partial charge >= 0.3 is 0 Å². The predicted molar refractivity (Wildman–Crippen MR) is 122 cm³/mol. The zero-order chi connectivity index (χ0) is 22.2. The van der Waals surface area contributed by atoms with Crippen molar-refractivity contribution in [3.63, 3.8) is 0 Å². The summed E-state index contributed by atoms with van der Waals surface area (Å²) in [6, 6.07) is 14.1. The molecule has 3 aromatic rings. The van der Waals surface area contributed by atoms with Gasteiger partial charge in [0.15, 0.2) is 0 Å². The lowest BCUT2D eigenvalue weighted by atomic mass is 9.94. The second kappa shape index (κ2) is 8.19. The predicted octanol–water partition coefficient (Wildman–Crippen LogP) is 4.93. The molecule has 2 aliphatic rings. The first kappa shape index (κ1) is 20.4. The summed E-state index contributed by atoms with van der Waals surface area (Å²) < 4.78 is 5.49. The molecule has 164 valence electrons. The molecule has 1 aliphatic heterocycles. The molecule has 0 radical (unpaired) electrons. The van der Waals surface area contributed by atoms with E-state index in [2.05, 4.69) is 4.98 Å². The Morgan fingerprint density at radius 1 is 1.09 bits per heavy atom. The van der Waals surface area contributed by atoms with Crippen LogP contribution in [0.2, 0.25) is 0 Å². The Hall–Kier alpha value is -3.54. The number of hydrogen-bond donors (Lipinski definition) is 2. The van der Waals surface area contributed by atoms with Crippen LogP contribution in [0, 0.1) is 0 Å². The van der Waals surface area contributed by atoms with E-state index in [0.29, 0.717) is 17.9 Å². The van der Waals surface area contributed by atoms with Gasteiger partial charge in [0.2, 0.25) is 0 Å². The molecule has 2 heterocycles. The van der Waals surface area contributed by atoms with Gasteiger partial charge in [0.05, 0.1) is 18.2 Å². The number of amides is 1. The number of rotatable bonds is 5. The minimum atomic E-state index is -0.626. The van der Waals surface area contributed by atoms with Gasteiger partial charge in [0.25, 0.3) is 11.7 Å². The molecule has 1 aliphatic carbocycles. The van der Waals surface area contributed by atoms with Gasteiger partial charge in [-0.2, -0.15) is 0 Å². The van der Waals surface area contributed by atoms with E-state index < -0.39 is 17.7 Å². The second-order valence-electron chi connectivity index (χ2n) is 8.39. The maximum Gasteiger partial charge on any atom is 0.295 e. The molecule has 32 heavy (non-hydrogen) atoms. The van der Waals surface area contributed by atoms with Crippen LogP contribution >= 0.6 is 0 Å². The van der Waals surface area contributed by atoms with Crippen LogP contribution in [0.5, 0.6) is 5.75 Å². The molecule has 1 amide bonds. The van der Waals surface area contributed by atoms with E-state index in [-0.39, 0.29) is 17.4 Å². The van der Waals surface area contributed by atoms with Crippen LogP contribution in [0.25, 0.3) is 16.7 Å². The Morgan fingerprint density at radius 3 is 2.53 bits per heavy atom. The summed E-state index contributed by atoms with van der Waals surface area (Å²) in [7, 11) is 0. The Kier molecular flexibility index (Phi) is 5.21. The van der Waals surface area contributed by atoms with Crippen LogP contribution in [0.4, 0.5) is 0 Å². The van der Waals surface area contributed by atoms with Crippen molar-refractivity contribution in [3.8, 4) is 5.75 Å². The minimum absolute atomic E-state index is 0.00394. The zero-order valence-electron chi connectivity index (χ0n) is 18.0. The number of nitrogens with one attached hydrogen (secondary N) is 1. The van der Waals surface area contributed by atoms with Crippen molar-refractivity contribution in [1.82, 2.24) is 9.88 Å². The number of carbonyl (C=O) groups is 2. The summed E-state index contributed by atoms with van der Waals surface area (Å²) in [4.78, 5) is 31.4. The summed E-state index contributed by atoms with van der Waals surface area (Å²) in [6.07, 6.45) is 5.67. The molecule has 1 unspecified atom stereocenters. The van der Waals surface area contributed by atoms with Crippen molar-refractivity contribution in [3.05, 3.63) is 71.4 Å². The number of Topliss-reactive ketones (excluding diaryl/α,β-unsaturated/α-hetero) is 1. The van der Waals surface area contributed by atoms with Gasteiger partial charge in [-0.1, -0.05) is 31.0 Å². The standard InChI is InChI=1S/C26H26N2O4/c1-2-32-18-13-11-16(12-14-18)24(29)22-23(20-15-27-21-10-6-5-9-19(20)21)28(26(31)25(22)30)17-7-3-4-8-17/h5-6,9-15,17,23,27,29H,2-4,7-8H2,1H3/b24-22+. The highest BCUT2D eigenvalue weighted by molar-refractivity contribution is 6.46. The van der Waals surface area contributed by atoms with Crippen LogP contribution in [0.15, 0.2) is 60.3 Å².